The third kappa shape index (κ3) is 5.22. The molecule has 0 heterocycles. The molecule has 32 heavy (non-hydrogen) atoms. The Morgan fingerprint density at radius 1 is 0.875 bits per heavy atom. The Morgan fingerprint density at radius 3 is 2.12 bits per heavy atom. The topological polar surface area (TPSA) is 114 Å². The molecule has 0 bridgehead atoms. The van der Waals surface area contributed by atoms with Crippen LogP contribution in [-0.4, -0.2) is 27.3 Å². The number of hydrogen-bond acceptors (Lipinski definition) is 5. The van der Waals surface area contributed by atoms with Crippen LogP contribution >= 0.6 is 0 Å². The van der Waals surface area contributed by atoms with E-state index in [0.29, 0.717) is 11.3 Å². The number of amides is 2. The van der Waals surface area contributed by atoms with Gasteiger partial charge in [-0.25, -0.2) is 12.8 Å². The first-order valence-electron chi connectivity index (χ1n) is 9.34. The Balaban J connectivity index is 1.77. The number of methoxy groups -OCH3 is 1. The van der Waals surface area contributed by atoms with E-state index in [1.165, 1.54) is 37.4 Å². The highest BCUT2D eigenvalue weighted by atomic mass is 32.2. The highest BCUT2D eigenvalue weighted by Gasteiger charge is 2.21. The van der Waals surface area contributed by atoms with Gasteiger partial charge in [-0.15, -0.1) is 0 Å². The second-order valence-corrected chi connectivity index (χ2v) is 8.35. The summed E-state index contributed by atoms with van der Waals surface area (Å²) in [6, 6.07) is 15.4. The first-order valence-corrected chi connectivity index (χ1v) is 10.8. The zero-order valence-electron chi connectivity index (χ0n) is 17.2. The van der Waals surface area contributed by atoms with Crippen molar-refractivity contribution in [3.05, 3.63) is 89.2 Å². The lowest BCUT2D eigenvalue weighted by molar-refractivity contribution is 0.0846. The average molecular weight is 457 g/mol. The first-order chi connectivity index (χ1) is 15.2. The SMILES string of the molecule is COc1ccccc1NS(=O)(=O)c1cc(C(=O)NNC(=O)c2ccc(F)cc2)ccc1C. The van der Waals surface area contributed by atoms with Crippen molar-refractivity contribution in [1.82, 2.24) is 10.9 Å². The minimum atomic E-state index is -4.04. The van der Waals surface area contributed by atoms with Gasteiger partial charge in [0.2, 0.25) is 0 Å². The minimum Gasteiger partial charge on any atom is -0.495 e. The maximum atomic E-state index is 13.0. The number of benzene rings is 3. The molecule has 3 aromatic rings. The van der Waals surface area contributed by atoms with Crippen molar-refractivity contribution in [2.75, 3.05) is 11.8 Å². The number of hydrazine groups is 1. The second-order valence-electron chi connectivity index (χ2n) is 6.70. The number of carbonyl (C=O) groups excluding carboxylic acids is 2. The van der Waals surface area contributed by atoms with Crippen molar-refractivity contribution >= 4 is 27.5 Å². The van der Waals surface area contributed by atoms with Crippen LogP contribution in [0.3, 0.4) is 0 Å². The van der Waals surface area contributed by atoms with Gasteiger partial charge in [0.25, 0.3) is 21.8 Å². The highest BCUT2D eigenvalue weighted by molar-refractivity contribution is 7.92. The van der Waals surface area contributed by atoms with Crippen LogP contribution in [0.5, 0.6) is 5.75 Å². The number of carbonyl (C=O) groups is 2. The zero-order chi connectivity index (χ0) is 23.3. The van der Waals surface area contributed by atoms with Gasteiger partial charge in [-0.05, 0) is 61.0 Å². The molecule has 0 aromatic heterocycles. The van der Waals surface area contributed by atoms with E-state index < -0.39 is 27.7 Å². The summed E-state index contributed by atoms with van der Waals surface area (Å²) in [5, 5.41) is 0. The van der Waals surface area contributed by atoms with Gasteiger partial charge in [0, 0.05) is 11.1 Å². The molecular weight excluding hydrogens is 437 g/mol. The molecule has 166 valence electrons. The standard InChI is InChI=1S/C22H20FN3O5S/c1-14-7-8-16(22(28)25-24-21(27)15-9-11-17(23)12-10-15)13-20(14)32(29,30)26-18-5-3-4-6-19(18)31-2/h3-13,26H,1-2H3,(H,24,27)(H,25,28). The normalized spacial score (nSPS) is 10.8. The quantitative estimate of drug-likeness (QED) is 0.493. The summed E-state index contributed by atoms with van der Waals surface area (Å²) in [5.74, 6) is -1.54. The number of halogens is 1. The van der Waals surface area contributed by atoms with E-state index in [-0.39, 0.29) is 21.7 Å². The molecule has 0 spiro atoms. The number of para-hydroxylation sites is 2. The molecule has 0 aliphatic heterocycles. The van der Waals surface area contributed by atoms with E-state index >= 15 is 0 Å². The first kappa shape index (κ1) is 22.8. The monoisotopic (exact) mass is 457 g/mol. The molecule has 2 amide bonds. The fraction of sp³-hybridized carbons (Fsp3) is 0.0909. The Labute approximate surface area is 184 Å². The van der Waals surface area contributed by atoms with Crippen LogP contribution in [0.2, 0.25) is 0 Å². The predicted octanol–water partition coefficient (Wildman–Crippen LogP) is 3.02. The van der Waals surface area contributed by atoms with Crippen LogP contribution in [0.25, 0.3) is 0 Å². The lowest BCUT2D eigenvalue weighted by Gasteiger charge is -2.14. The van der Waals surface area contributed by atoms with Crippen LogP contribution in [-0.2, 0) is 10.0 Å². The van der Waals surface area contributed by atoms with E-state index in [0.717, 1.165) is 12.1 Å². The summed E-state index contributed by atoms with van der Waals surface area (Å²) in [6.45, 7) is 1.59. The molecule has 8 nitrogen and oxygen atoms in total. The average Bonchev–Trinajstić information content (AvgIpc) is 2.78. The number of ether oxygens (including phenoxy) is 1. The number of aryl methyl sites for hydroxylation is 1. The van der Waals surface area contributed by atoms with Crippen LogP contribution in [0.1, 0.15) is 26.3 Å². The van der Waals surface area contributed by atoms with Gasteiger partial charge in [-0.3, -0.25) is 25.2 Å². The number of rotatable bonds is 6. The molecule has 10 heteroatoms. The Hall–Kier alpha value is -3.92. The molecule has 3 aromatic carbocycles. The predicted molar refractivity (Wildman–Crippen MR) is 116 cm³/mol. The molecule has 0 aliphatic rings. The molecule has 0 saturated carbocycles. The van der Waals surface area contributed by atoms with E-state index in [4.69, 9.17) is 4.74 Å². The van der Waals surface area contributed by atoms with Crippen LogP contribution in [0, 0.1) is 12.7 Å². The van der Waals surface area contributed by atoms with Gasteiger partial charge in [0.05, 0.1) is 17.7 Å². The Bertz CT molecular complexity index is 1260. The smallest absolute Gasteiger partial charge is 0.269 e. The lowest BCUT2D eigenvalue weighted by Crippen LogP contribution is -2.41. The van der Waals surface area contributed by atoms with Gasteiger partial charge in [0.1, 0.15) is 11.6 Å². The maximum absolute atomic E-state index is 13.0. The maximum Gasteiger partial charge on any atom is 0.269 e. The molecule has 3 rings (SSSR count). The Morgan fingerprint density at radius 2 is 1.47 bits per heavy atom. The summed E-state index contributed by atoms with van der Waals surface area (Å²) in [7, 11) is -2.62. The largest absolute Gasteiger partial charge is 0.495 e. The van der Waals surface area contributed by atoms with Crippen molar-refractivity contribution < 1.29 is 27.1 Å². The zero-order valence-corrected chi connectivity index (χ0v) is 18.0. The number of hydrogen-bond donors (Lipinski definition) is 3. The second kappa shape index (κ2) is 9.48. The molecule has 0 unspecified atom stereocenters. The van der Waals surface area contributed by atoms with E-state index in [9.17, 15) is 22.4 Å². The van der Waals surface area contributed by atoms with Crippen molar-refractivity contribution in [2.45, 2.75) is 11.8 Å². The van der Waals surface area contributed by atoms with Gasteiger partial charge in [-0.2, -0.15) is 0 Å². The number of anilines is 1. The van der Waals surface area contributed by atoms with Gasteiger partial charge in [-0.1, -0.05) is 18.2 Å². The summed E-state index contributed by atoms with van der Waals surface area (Å²) in [6.07, 6.45) is 0. The molecule has 0 aliphatic carbocycles. The summed E-state index contributed by atoms with van der Waals surface area (Å²) in [5.41, 5.74) is 5.22. The third-order valence-corrected chi connectivity index (χ3v) is 5.99. The fourth-order valence-corrected chi connectivity index (χ4v) is 4.16. The third-order valence-electron chi connectivity index (χ3n) is 4.49. The minimum absolute atomic E-state index is 0.00964. The van der Waals surface area contributed by atoms with Crippen molar-refractivity contribution in [3.8, 4) is 5.75 Å². The van der Waals surface area contributed by atoms with Gasteiger partial charge >= 0.3 is 0 Å². The Kier molecular flexibility index (Phi) is 6.74. The van der Waals surface area contributed by atoms with Crippen LogP contribution in [0.15, 0.2) is 71.6 Å². The molecule has 3 N–H and O–H groups in total. The number of sulfonamides is 1. The molecular formula is C22H20FN3O5S. The molecule has 0 fully saturated rings. The van der Waals surface area contributed by atoms with Crippen molar-refractivity contribution in [1.29, 1.82) is 0 Å². The molecule has 0 radical (unpaired) electrons. The van der Waals surface area contributed by atoms with E-state index in [1.807, 2.05) is 0 Å². The van der Waals surface area contributed by atoms with Crippen LogP contribution in [0.4, 0.5) is 10.1 Å². The molecule has 0 saturated heterocycles. The number of nitrogens with one attached hydrogen (secondary N) is 3. The fourth-order valence-electron chi connectivity index (χ4n) is 2.82. The summed E-state index contributed by atoms with van der Waals surface area (Å²) >= 11 is 0. The van der Waals surface area contributed by atoms with Gasteiger partial charge < -0.3 is 4.74 Å². The molecule has 0 atom stereocenters. The highest BCUT2D eigenvalue weighted by Crippen LogP contribution is 2.27. The van der Waals surface area contributed by atoms with Crippen molar-refractivity contribution in [2.24, 2.45) is 0 Å². The van der Waals surface area contributed by atoms with Gasteiger partial charge in [0.15, 0.2) is 0 Å². The van der Waals surface area contributed by atoms with E-state index in [2.05, 4.69) is 15.6 Å². The van der Waals surface area contributed by atoms with Crippen LogP contribution < -0.4 is 20.3 Å². The van der Waals surface area contributed by atoms with Crippen molar-refractivity contribution in [3.63, 3.8) is 0 Å². The summed E-state index contributed by atoms with van der Waals surface area (Å²) in [4.78, 5) is 24.4. The summed E-state index contributed by atoms with van der Waals surface area (Å²) < 4.78 is 46.5. The van der Waals surface area contributed by atoms with E-state index in [1.54, 1.807) is 31.2 Å². The lowest BCUT2D eigenvalue weighted by atomic mass is 10.1.